The first kappa shape index (κ1) is 33.7. The SMILES string of the molecule is CC(=O)N(C)C.CS(=O)(=O)c1cccc(-c2ccc(CN(CC3OCCO3)S(=O)(=O)c3ccccc3C(F)(F)F)s2)c1. The molecule has 230 valence electrons. The summed E-state index contributed by atoms with van der Waals surface area (Å²) >= 11 is 1.21. The topological polar surface area (TPSA) is 110 Å². The van der Waals surface area contributed by atoms with Gasteiger partial charge in [0.15, 0.2) is 16.1 Å². The lowest BCUT2D eigenvalue weighted by atomic mass is 10.2. The Morgan fingerprint density at radius 2 is 1.60 bits per heavy atom. The van der Waals surface area contributed by atoms with Crippen LogP contribution in [0.4, 0.5) is 13.2 Å². The third-order valence-electron chi connectivity index (χ3n) is 6.02. The molecule has 42 heavy (non-hydrogen) atoms. The van der Waals surface area contributed by atoms with Crippen LogP contribution in [0, 0.1) is 0 Å². The number of sulfonamides is 1. The van der Waals surface area contributed by atoms with Crippen LogP contribution in [0.1, 0.15) is 17.4 Å². The summed E-state index contributed by atoms with van der Waals surface area (Å²) in [6.07, 6.45) is -4.68. The monoisotopic (exact) mass is 648 g/mol. The Hall–Kier alpha value is -2.82. The summed E-state index contributed by atoms with van der Waals surface area (Å²) in [4.78, 5) is 12.1. The van der Waals surface area contributed by atoms with E-state index in [-0.39, 0.29) is 37.1 Å². The molecule has 1 amide bonds. The van der Waals surface area contributed by atoms with Crippen molar-refractivity contribution in [2.75, 3.05) is 40.1 Å². The molecule has 0 saturated carbocycles. The molecule has 0 unspecified atom stereocenters. The van der Waals surface area contributed by atoms with Crippen molar-refractivity contribution in [2.45, 2.75) is 35.7 Å². The second-order valence-corrected chi connectivity index (χ2v) is 14.5. The number of alkyl halides is 3. The first-order chi connectivity index (χ1) is 19.5. The fraction of sp³-hybridized carbons (Fsp3) is 0.370. The summed E-state index contributed by atoms with van der Waals surface area (Å²) < 4.78 is 103. The zero-order valence-corrected chi connectivity index (χ0v) is 25.7. The molecule has 0 atom stereocenters. The van der Waals surface area contributed by atoms with Crippen LogP contribution in [0.15, 0.2) is 70.5 Å². The summed E-state index contributed by atoms with van der Waals surface area (Å²) in [5.41, 5.74) is -0.638. The molecular weight excluding hydrogens is 617 g/mol. The van der Waals surface area contributed by atoms with E-state index >= 15 is 0 Å². The van der Waals surface area contributed by atoms with Crippen molar-refractivity contribution in [2.24, 2.45) is 0 Å². The Bertz CT molecular complexity index is 1600. The smallest absolute Gasteiger partial charge is 0.349 e. The molecule has 1 saturated heterocycles. The van der Waals surface area contributed by atoms with Gasteiger partial charge in [-0.15, -0.1) is 11.3 Å². The van der Waals surface area contributed by atoms with Crippen LogP contribution in [0.5, 0.6) is 0 Å². The lowest BCUT2D eigenvalue weighted by Gasteiger charge is -2.25. The van der Waals surface area contributed by atoms with E-state index in [9.17, 15) is 34.8 Å². The number of carbonyl (C=O) groups excluding carboxylic acids is 1. The lowest BCUT2D eigenvalue weighted by Crippen LogP contribution is -2.38. The van der Waals surface area contributed by atoms with E-state index in [0.29, 0.717) is 15.3 Å². The maximum atomic E-state index is 13.6. The summed E-state index contributed by atoms with van der Waals surface area (Å²) in [6, 6.07) is 13.7. The second kappa shape index (κ2) is 13.7. The fourth-order valence-corrected chi connectivity index (χ4v) is 7.05. The van der Waals surface area contributed by atoms with Crippen molar-refractivity contribution in [1.82, 2.24) is 9.21 Å². The molecule has 1 fully saturated rings. The van der Waals surface area contributed by atoms with E-state index < -0.39 is 42.8 Å². The van der Waals surface area contributed by atoms with Crippen LogP contribution in [0.3, 0.4) is 0 Å². The van der Waals surface area contributed by atoms with Gasteiger partial charge in [0.2, 0.25) is 15.9 Å². The number of carbonyl (C=O) groups is 1. The minimum atomic E-state index is -4.86. The second-order valence-electron chi connectivity index (χ2n) is 9.44. The normalized spacial score (nSPS) is 14.5. The van der Waals surface area contributed by atoms with Gasteiger partial charge >= 0.3 is 6.18 Å². The molecule has 0 spiro atoms. The highest BCUT2D eigenvalue weighted by Crippen LogP contribution is 2.37. The van der Waals surface area contributed by atoms with Gasteiger partial charge in [-0.1, -0.05) is 24.3 Å². The van der Waals surface area contributed by atoms with Crippen LogP contribution in [-0.4, -0.2) is 78.3 Å². The molecule has 9 nitrogen and oxygen atoms in total. The zero-order chi connectivity index (χ0) is 31.3. The van der Waals surface area contributed by atoms with Gasteiger partial charge in [-0.2, -0.15) is 17.5 Å². The number of thiophene rings is 1. The first-order valence-corrected chi connectivity index (χ1v) is 16.6. The van der Waals surface area contributed by atoms with Gasteiger partial charge in [-0.3, -0.25) is 4.79 Å². The maximum absolute atomic E-state index is 13.6. The Balaban J connectivity index is 0.000000730. The number of nitrogens with zero attached hydrogens (tertiary/aromatic N) is 2. The Kier molecular flexibility index (Phi) is 10.9. The minimum absolute atomic E-state index is 0.0926. The Morgan fingerprint density at radius 3 is 2.17 bits per heavy atom. The van der Waals surface area contributed by atoms with Crippen molar-refractivity contribution >= 4 is 37.1 Å². The average Bonchev–Trinajstić information content (AvgIpc) is 3.60. The van der Waals surface area contributed by atoms with Crippen LogP contribution >= 0.6 is 11.3 Å². The molecule has 0 N–H and O–H groups in total. The van der Waals surface area contributed by atoms with Gasteiger partial charge < -0.3 is 14.4 Å². The molecule has 2 aromatic carbocycles. The van der Waals surface area contributed by atoms with E-state index in [0.717, 1.165) is 28.8 Å². The molecule has 0 bridgehead atoms. The number of sulfone groups is 1. The number of halogens is 3. The molecular formula is C27H31F3N2O7S3. The van der Waals surface area contributed by atoms with Gasteiger partial charge in [-0.05, 0) is 42.0 Å². The fourth-order valence-electron chi connectivity index (χ4n) is 3.66. The minimum Gasteiger partial charge on any atom is -0.349 e. The average molecular weight is 649 g/mol. The standard InChI is InChI=1S/C23H22F3NO6S3.C4H9NO/c1-35(28,29)18-6-4-5-16(13-18)20-10-9-17(34-20)14-27(15-22-32-11-12-33-22)36(30,31)21-8-3-2-7-19(21)23(24,25)26;1-4(6)5(2)3/h2-10,13,22H,11-12,14-15H2,1H3;1-3H3. The van der Waals surface area contributed by atoms with E-state index in [1.165, 1.54) is 41.4 Å². The van der Waals surface area contributed by atoms with Gasteiger partial charge in [0.05, 0.1) is 35.1 Å². The largest absolute Gasteiger partial charge is 0.417 e. The molecule has 3 aromatic rings. The quantitative estimate of drug-likeness (QED) is 0.354. The van der Waals surface area contributed by atoms with Crippen molar-refractivity contribution in [3.05, 3.63) is 71.1 Å². The van der Waals surface area contributed by atoms with Crippen molar-refractivity contribution < 1.29 is 44.3 Å². The number of hydrogen-bond donors (Lipinski definition) is 0. The lowest BCUT2D eigenvalue weighted by molar-refractivity contribution is -0.140. The van der Waals surface area contributed by atoms with E-state index in [4.69, 9.17) is 9.47 Å². The Morgan fingerprint density at radius 1 is 0.976 bits per heavy atom. The van der Waals surface area contributed by atoms with Crippen molar-refractivity contribution in [3.8, 4) is 10.4 Å². The van der Waals surface area contributed by atoms with Gasteiger partial charge in [-0.25, -0.2) is 16.8 Å². The number of benzene rings is 2. The summed E-state index contributed by atoms with van der Waals surface area (Å²) in [7, 11) is -4.58. The van der Waals surface area contributed by atoms with E-state index in [2.05, 4.69) is 0 Å². The summed E-state index contributed by atoms with van der Waals surface area (Å²) in [5.74, 6) is 0.0926. The first-order valence-electron chi connectivity index (χ1n) is 12.5. The predicted octanol–water partition coefficient (Wildman–Crippen LogP) is 4.50. The van der Waals surface area contributed by atoms with E-state index in [1.54, 1.807) is 38.4 Å². The molecule has 0 radical (unpaired) electrons. The van der Waals surface area contributed by atoms with Gasteiger partial charge in [0.25, 0.3) is 0 Å². The maximum Gasteiger partial charge on any atom is 0.417 e. The van der Waals surface area contributed by atoms with Gasteiger partial charge in [0, 0.05) is 43.6 Å². The molecule has 1 aliphatic rings. The van der Waals surface area contributed by atoms with Crippen LogP contribution in [0.2, 0.25) is 0 Å². The van der Waals surface area contributed by atoms with Crippen molar-refractivity contribution in [1.29, 1.82) is 0 Å². The molecule has 1 aromatic heterocycles. The zero-order valence-electron chi connectivity index (χ0n) is 23.3. The summed E-state index contributed by atoms with van der Waals surface area (Å²) in [6.45, 7) is 1.49. The molecule has 4 rings (SSSR count). The van der Waals surface area contributed by atoms with Crippen LogP contribution < -0.4 is 0 Å². The third kappa shape index (κ3) is 8.84. The molecule has 1 aliphatic heterocycles. The number of hydrogen-bond acceptors (Lipinski definition) is 8. The highest BCUT2D eigenvalue weighted by Gasteiger charge is 2.40. The summed E-state index contributed by atoms with van der Waals surface area (Å²) in [5, 5.41) is 0. The van der Waals surface area contributed by atoms with Gasteiger partial charge in [0.1, 0.15) is 0 Å². The Labute approximate surface area is 247 Å². The number of amides is 1. The van der Waals surface area contributed by atoms with Crippen LogP contribution in [0.25, 0.3) is 10.4 Å². The van der Waals surface area contributed by atoms with Crippen LogP contribution in [-0.2, 0) is 46.8 Å². The highest BCUT2D eigenvalue weighted by molar-refractivity contribution is 7.90. The number of rotatable bonds is 8. The molecule has 15 heteroatoms. The molecule has 0 aliphatic carbocycles. The number of ether oxygens (including phenoxy) is 2. The molecule has 2 heterocycles. The highest BCUT2D eigenvalue weighted by atomic mass is 32.2. The van der Waals surface area contributed by atoms with E-state index in [1.807, 2.05) is 0 Å². The predicted molar refractivity (Wildman–Crippen MR) is 152 cm³/mol. The van der Waals surface area contributed by atoms with Crippen molar-refractivity contribution in [3.63, 3.8) is 0 Å². The third-order valence-corrected chi connectivity index (χ3v) is 10.1.